The number of carbonyl (C=O) groups excluding carboxylic acids is 2. The number of hydrogen-bond donors (Lipinski definition) is 1. The van der Waals surface area contributed by atoms with E-state index in [2.05, 4.69) is 0 Å². The van der Waals surface area contributed by atoms with Crippen LogP contribution in [0, 0.1) is 0 Å². The van der Waals surface area contributed by atoms with Gasteiger partial charge in [-0.3, -0.25) is 9.59 Å². The first-order valence-electron chi connectivity index (χ1n) is 8.00. The Labute approximate surface area is 138 Å². The van der Waals surface area contributed by atoms with Gasteiger partial charge in [-0.2, -0.15) is 0 Å². The number of nitrogens with zero attached hydrogens (tertiary/aromatic N) is 2. The number of likely N-dealkylation sites (tertiary alicyclic amines) is 1. The average molecular weight is 334 g/mol. The molecule has 0 radical (unpaired) electrons. The highest BCUT2D eigenvalue weighted by atomic mass is 35.5. The fraction of sp³-hybridized carbons (Fsp3) is 0.867. The minimum atomic E-state index is -0.0100. The van der Waals surface area contributed by atoms with E-state index in [4.69, 9.17) is 10.5 Å². The summed E-state index contributed by atoms with van der Waals surface area (Å²) in [4.78, 5) is 28.1. The summed E-state index contributed by atoms with van der Waals surface area (Å²) in [5.41, 5.74) is 5.99. The number of piperidine rings is 1. The van der Waals surface area contributed by atoms with Crippen LogP contribution in [0.4, 0.5) is 0 Å². The number of ether oxygens (including phenoxy) is 1. The van der Waals surface area contributed by atoms with E-state index in [1.807, 2.05) is 11.8 Å². The zero-order valence-corrected chi connectivity index (χ0v) is 14.1. The van der Waals surface area contributed by atoms with Crippen LogP contribution in [0.5, 0.6) is 0 Å². The topological polar surface area (TPSA) is 75.9 Å². The second-order valence-corrected chi connectivity index (χ2v) is 6.00. The smallest absolute Gasteiger partial charge is 0.223 e. The minimum absolute atomic E-state index is 0. The lowest BCUT2D eigenvalue weighted by molar-refractivity contribution is -0.141. The average Bonchev–Trinajstić information content (AvgIpc) is 2.53. The van der Waals surface area contributed by atoms with Gasteiger partial charge in [0, 0.05) is 44.6 Å². The molecule has 7 heteroatoms. The molecule has 0 spiro atoms. The molecule has 6 nitrogen and oxygen atoms in total. The number of rotatable bonds is 4. The Kier molecular flexibility index (Phi) is 8.14. The van der Waals surface area contributed by atoms with Crippen LogP contribution >= 0.6 is 12.4 Å². The first kappa shape index (κ1) is 19.2. The summed E-state index contributed by atoms with van der Waals surface area (Å²) in [5.74, 6) is 0.125. The molecule has 2 unspecified atom stereocenters. The largest absolute Gasteiger partial charge is 0.378 e. The molecule has 2 saturated heterocycles. The molecular weight excluding hydrogens is 306 g/mol. The van der Waals surface area contributed by atoms with Gasteiger partial charge < -0.3 is 20.3 Å². The normalized spacial score (nSPS) is 23.6. The van der Waals surface area contributed by atoms with Crippen molar-refractivity contribution in [3.05, 3.63) is 0 Å². The van der Waals surface area contributed by atoms with Crippen LogP contribution in [-0.4, -0.2) is 66.5 Å². The fourth-order valence-corrected chi connectivity index (χ4v) is 3.14. The van der Waals surface area contributed by atoms with Gasteiger partial charge in [0.15, 0.2) is 0 Å². The molecule has 0 aromatic carbocycles. The van der Waals surface area contributed by atoms with E-state index in [1.54, 1.807) is 4.90 Å². The molecule has 22 heavy (non-hydrogen) atoms. The Morgan fingerprint density at radius 2 is 1.77 bits per heavy atom. The van der Waals surface area contributed by atoms with Gasteiger partial charge in [-0.15, -0.1) is 12.4 Å². The lowest BCUT2D eigenvalue weighted by atomic mass is 9.96. The van der Waals surface area contributed by atoms with E-state index >= 15 is 0 Å². The fourth-order valence-electron chi connectivity index (χ4n) is 3.14. The number of carbonyl (C=O) groups is 2. The summed E-state index contributed by atoms with van der Waals surface area (Å²) < 4.78 is 5.23. The van der Waals surface area contributed by atoms with E-state index in [0.29, 0.717) is 39.1 Å². The molecule has 128 valence electrons. The van der Waals surface area contributed by atoms with E-state index in [1.165, 1.54) is 0 Å². The second-order valence-electron chi connectivity index (χ2n) is 6.00. The maximum Gasteiger partial charge on any atom is 0.223 e. The van der Waals surface area contributed by atoms with Crippen LogP contribution in [0.2, 0.25) is 0 Å². The van der Waals surface area contributed by atoms with Crippen molar-refractivity contribution in [3.8, 4) is 0 Å². The van der Waals surface area contributed by atoms with Crippen molar-refractivity contribution in [2.75, 3.05) is 32.8 Å². The van der Waals surface area contributed by atoms with Crippen molar-refractivity contribution < 1.29 is 14.3 Å². The van der Waals surface area contributed by atoms with Crippen molar-refractivity contribution in [1.82, 2.24) is 9.80 Å². The van der Waals surface area contributed by atoms with Gasteiger partial charge in [-0.25, -0.2) is 0 Å². The highest BCUT2D eigenvalue weighted by Gasteiger charge is 2.29. The number of amides is 2. The van der Waals surface area contributed by atoms with Gasteiger partial charge in [-0.1, -0.05) is 0 Å². The predicted molar refractivity (Wildman–Crippen MR) is 86.9 cm³/mol. The van der Waals surface area contributed by atoms with Crippen LogP contribution in [0.15, 0.2) is 0 Å². The summed E-state index contributed by atoms with van der Waals surface area (Å²) in [5, 5.41) is 0. The standard InChI is InChI=1S/C15H27N3O3.ClH/c1-12(16)13-4-2-3-7-18(13)15(20)6-5-14(19)17-8-10-21-11-9-17;/h12-13H,2-11,16H2,1H3;1H. The molecule has 2 aliphatic heterocycles. The summed E-state index contributed by atoms with van der Waals surface area (Å²) in [7, 11) is 0. The molecule has 0 bridgehead atoms. The van der Waals surface area contributed by atoms with Crippen molar-refractivity contribution in [3.63, 3.8) is 0 Å². The van der Waals surface area contributed by atoms with Crippen LogP contribution in [0.3, 0.4) is 0 Å². The summed E-state index contributed by atoms with van der Waals surface area (Å²) >= 11 is 0. The first-order chi connectivity index (χ1) is 10.1. The minimum Gasteiger partial charge on any atom is -0.378 e. The SMILES string of the molecule is CC(N)C1CCCCN1C(=O)CCC(=O)N1CCOCC1.Cl. The number of morpholine rings is 1. The molecule has 2 fully saturated rings. The van der Waals surface area contributed by atoms with Gasteiger partial charge in [0.05, 0.1) is 13.2 Å². The lowest BCUT2D eigenvalue weighted by Crippen LogP contribution is -2.51. The monoisotopic (exact) mass is 333 g/mol. The Bertz CT molecular complexity index is 373. The quantitative estimate of drug-likeness (QED) is 0.824. The van der Waals surface area contributed by atoms with Crippen LogP contribution in [0.1, 0.15) is 39.0 Å². The summed E-state index contributed by atoms with van der Waals surface area (Å²) in [6, 6.07) is 0.119. The highest BCUT2D eigenvalue weighted by molar-refractivity contribution is 5.85. The zero-order chi connectivity index (χ0) is 15.2. The van der Waals surface area contributed by atoms with Crippen molar-refractivity contribution in [2.24, 2.45) is 5.73 Å². The number of hydrogen-bond acceptors (Lipinski definition) is 4. The van der Waals surface area contributed by atoms with E-state index < -0.39 is 0 Å². The Hall–Kier alpha value is -0.850. The lowest BCUT2D eigenvalue weighted by Gasteiger charge is -2.38. The molecular formula is C15H28ClN3O3. The molecule has 2 heterocycles. The molecule has 2 N–H and O–H groups in total. The van der Waals surface area contributed by atoms with Crippen molar-refractivity contribution in [2.45, 2.75) is 51.1 Å². The maximum atomic E-state index is 12.4. The first-order valence-corrected chi connectivity index (χ1v) is 8.00. The van der Waals surface area contributed by atoms with E-state index in [-0.39, 0.29) is 36.3 Å². The Balaban J connectivity index is 0.00000242. The molecule has 2 rings (SSSR count). The van der Waals surface area contributed by atoms with E-state index in [9.17, 15) is 9.59 Å². The Morgan fingerprint density at radius 3 is 2.41 bits per heavy atom. The van der Waals surface area contributed by atoms with Gasteiger partial charge in [0.25, 0.3) is 0 Å². The van der Waals surface area contributed by atoms with E-state index in [0.717, 1.165) is 25.8 Å². The molecule has 2 aliphatic rings. The molecule has 0 saturated carbocycles. The second kappa shape index (κ2) is 9.33. The van der Waals surface area contributed by atoms with Crippen molar-refractivity contribution in [1.29, 1.82) is 0 Å². The van der Waals surface area contributed by atoms with Crippen molar-refractivity contribution >= 4 is 24.2 Å². The van der Waals surface area contributed by atoms with Gasteiger partial charge in [-0.05, 0) is 26.2 Å². The zero-order valence-electron chi connectivity index (χ0n) is 13.3. The van der Waals surface area contributed by atoms with Gasteiger partial charge >= 0.3 is 0 Å². The summed E-state index contributed by atoms with van der Waals surface area (Å²) in [6.07, 6.45) is 3.72. The van der Waals surface area contributed by atoms with Crippen LogP contribution < -0.4 is 5.73 Å². The third-order valence-corrected chi connectivity index (χ3v) is 4.39. The maximum absolute atomic E-state index is 12.4. The third kappa shape index (κ3) is 5.11. The molecule has 2 atom stereocenters. The Morgan fingerprint density at radius 1 is 1.14 bits per heavy atom. The highest BCUT2D eigenvalue weighted by Crippen LogP contribution is 2.20. The van der Waals surface area contributed by atoms with Crippen LogP contribution in [-0.2, 0) is 14.3 Å². The summed E-state index contributed by atoms with van der Waals surface area (Å²) in [6.45, 7) is 5.20. The predicted octanol–water partition coefficient (Wildman–Crippen LogP) is 0.776. The molecule has 0 aromatic rings. The third-order valence-electron chi connectivity index (χ3n) is 4.39. The van der Waals surface area contributed by atoms with Gasteiger partial charge in [0.2, 0.25) is 11.8 Å². The molecule has 0 aromatic heterocycles. The number of nitrogens with two attached hydrogens (primary N) is 1. The molecule has 2 amide bonds. The molecule has 0 aliphatic carbocycles. The van der Waals surface area contributed by atoms with Crippen LogP contribution in [0.25, 0.3) is 0 Å². The number of halogens is 1. The van der Waals surface area contributed by atoms with Gasteiger partial charge in [0.1, 0.15) is 0 Å².